The van der Waals surface area contributed by atoms with Crippen LogP contribution in [-0.2, 0) is 9.47 Å². The summed E-state index contributed by atoms with van der Waals surface area (Å²) in [5.41, 5.74) is 2.49. The Hall–Kier alpha value is -0.900. The lowest BCUT2D eigenvalue weighted by molar-refractivity contribution is 0.00495. The maximum absolute atomic E-state index is 5.88. The summed E-state index contributed by atoms with van der Waals surface area (Å²) in [4.78, 5) is 0. The molecule has 0 aromatic heterocycles. The van der Waals surface area contributed by atoms with Gasteiger partial charge in [-0.3, -0.25) is 0 Å². The SMILES string of the molecule is CCCOCCOC(CNC)c1cccc(C)c1. The van der Waals surface area contributed by atoms with Crippen LogP contribution in [0.15, 0.2) is 24.3 Å². The maximum atomic E-state index is 5.88. The molecule has 1 aromatic rings. The van der Waals surface area contributed by atoms with Crippen molar-refractivity contribution >= 4 is 0 Å². The van der Waals surface area contributed by atoms with Gasteiger partial charge < -0.3 is 14.8 Å². The summed E-state index contributed by atoms with van der Waals surface area (Å²) in [6, 6.07) is 8.46. The summed E-state index contributed by atoms with van der Waals surface area (Å²) in [5.74, 6) is 0. The van der Waals surface area contributed by atoms with Gasteiger partial charge in [-0.2, -0.15) is 0 Å². The Bertz CT molecular complexity index is 328. The predicted octanol–water partition coefficient (Wildman–Crippen LogP) is 2.70. The first-order valence-electron chi connectivity index (χ1n) is 6.68. The van der Waals surface area contributed by atoms with Gasteiger partial charge in [-0.1, -0.05) is 36.8 Å². The van der Waals surface area contributed by atoms with Crippen molar-refractivity contribution in [1.82, 2.24) is 5.32 Å². The summed E-state index contributed by atoms with van der Waals surface area (Å²) in [6.07, 6.45) is 1.15. The molecule has 0 aliphatic rings. The number of hydrogen-bond donors (Lipinski definition) is 1. The molecule has 1 N–H and O–H groups in total. The van der Waals surface area contributed by atoms with Gasteiger partial charge in [-0.25, -0.2) is 0 Å². The first-order chi connectivity index (χ1) is 8.77. The molecule has 3 heteroatoms. The highest BCUT2D eigenvalue weighted by Gasteiger charge is 2.10. The van der Waals surface area contributed by atoms with Crippen molar-refractivity contribution in [3.05, 3.63) is 35.4 Å². The third-order valence-electron chi connectivity index (χ3n) is 2.70. The molecule has 1 unspecified atom stereocenters. The van der Waals surface area contributed by atoms with E-state index >= 15 is 0 Å². The maximum Gasteiger partial charge on any atom is 0.0950 e. The summed E-state index contributed by atoms with van der Waals surface area (Å²) >= 11 is 0. The van der Waals surface area contributed by atoms with E-state index in [1.54, 1.807) is 0 Å². The van der Waals surface area contributed by atoms with E-state index in [0.29, 0.717) is 13.2 Å². The second kappa shape index (κ2) is 9.09. The van der Waals surface area contributed by atoms with E-state index in [4.69, 9.17) is 9.47 Å². The van der Waals surface area contributed by atoms with E-state index in [1.165, 1.54) is 11.1 Å². The molecule has 0 heterocycles. The lowest BCUT2D eigenvalue weighted by Gasteiger charge is -2.18. The third-order valence-corrected chi connectivity index (χ3v) is 2.70. The molecular formula is C15H25NO2. The number of rotatable bonds is 9. The van der Waals surface area contributed by atoms with Crippen LogP contribution in [-0.4, -0.2) is 33.4 Å². The summed E-state index contributed by atoms with van der Waals surface area (Å²) in [6.45, 7) is 7.14. The van der Waals surface area contributed by atoms with Crippen molar-refractivity contribution < 1.29 is 9.47 Å². The van der Waals surface area contributed by atoms with Crippen molar-refractivity contribution in [3.8, 4) is 0 Å². The molecule has 0 fully saturated rings. The van der Waals surface area contributed by atoms with Gasteiger partial charge in [-0.05, 0) is 26.0 Å². The molecule has 0 bridgehead atoms. The van der Waals surface area contributed by atoms with E-state index in [0.717, 1.165) is 19.6 Å². The summed E-state index contributed by atoms with van der Waals surface area (Å²) in [5, 5.41) is 3.17. The van der Waals surface area contributed by atoms with Crippen LogP contribution < -0.4 is 5.32 Å². The number of benzene rings is 1. The van der Waals surface area contributed by atoms with Crippen LogP contribution in [0.4, 0.5) is 0 Å². The van der Waals surface area contributed by atoms with Crippen LogP contribution in [0.2, 0.25) is 0 Å². The minimum absolute atomic E-state index is 0.0973. The van der Waals surface area contributed by atoms with Gasteiger partial charge in [0.25, 0.3) is 0 Å². The minimum atomic E-state index is 0.0973. The average Bonchev–Trinajstić information content (AvgIpc) is 2.37. The smallest absolute Gasteiger partial charge is 0.0950 e. The van der Waals surface area contributed by atoms with Gasteiger partial charge in [0.2, 0.25) is 0 Å². The molecule has 0 spiro atoms. The molecule has 0 saturated heterocycles. The van der Waals surface area contributed by atoms with E-state index in [1.807, 2.05) is 7.05 Å². The average molecular weight is 251 g/mol. The van der Waals surface area contributed by atoms with Gasteiger partial charge >= 0.3 is 0 Å². The number of likely N-dealkylation sites (N-methyl/N-ethyl adjacent to an activating group) is 1. The zero-order valence-electron chi connectivity index (χ0n) is 11.7. The third kappa shape index (κ3) is 5.63. The lowest BCUT2D eigenvalue weighted by atomic mass is 10.1. The molecule has 18 heavy (non-hydrogen) atoms. The Kier molecular flexibility index (Phi) is 7.65. The first kappa shape index (κ1) is 15.2. The van der Waals surface area contributed by atoms with E-state index in [2.05, 4.69) is 43.4 Å². The molecule has 0 aliphatic carbocycles. The van der Waals surface area contributed by atoms with Gasteiger partial charge in [0.1, 0.15) is 0 Å². The Morgan fingerprint density at radius 3 is 2.72 bits per heavy atom. The monoisotopic (exact) mass is 251 g/mol. The zero-order chi connectivity index (χ0) is 13.2. The summed E-state index contributed by atoms with van der Waals surface area (Å²) < 4.78 is 11.3. The number of aryl methyl sites for hydroxylation is 1. The summed E-state index contributed by atoms with van der Waals surface area (Å²) in [7, 11) is 1.94. The predicted molar refractivity (Wildman–Crippen MR) is 74.9 cm³/mol. The lowest BCUT2D eigenvalue weighted by Crippen LogP contribution is -2.21. The van der Waals surface area contributed by atoms with Gasteiger partial charge in [0.15, 0.2) is 0 Å². The number of nitrogens with one attached hydrogen (secondary N) is 1. The Morgan fingerprint density at radius 1 is 1.22 bits per heavy atom. The number of ether oxygens (including phenoxy) is 2. The quantitative estimate of drug-likeness (QED) is 0.685. The van der Waals surface area contributed by atoms with E-state index in [-0.39, 0.29) is 6.10 Å². The fraction of sp³-hybridized carbons (Fsp3) is 0.600. The van der Waals surface area contributed by atoms with Crippen LogP contribution in [0.3, 0.4) is 0 Å². The Labute approximate surface area is 110 Å². The fourth-order valence-electron chi connectivity index (χ4n) is 1.82. The highest BCUT2D eigenvalue weighted by Crippen LogP contribution is 2.17. The topological polar surface area (TPSA) is 30.5 Å². The fourth-order valence-corrected chi connectivity index (χ4v) is 1.82. The molecule has 0 radical (unpaired) electrons. The second-order valence-electron chi connectivity index (χ2n) is 4.44. The van der Waals surface area contributed by atoms with E-state index < -0.39 is 0 Å². The minimum Gasteiger partial charge on any atom is -0.379 e. The van der Waals surface area contributed by atoms with Gasteiger partial charge in [-0.15, -0.1) is 0 Å². The second-order valence-corrected chi connectivity index (χ2v) is 4.44. The van der Waals surface area contributed by atoms with Crippen LogP contribution in [0, 0.1) is 6.92 Å². The number of hydrogen-bond acceptors (Lipinski definition) is 3. The molecule has 1 atom stereocenters. The van der Waals surface area contributed by atoms with Crippen LogP contribution in [0.1, 0.15) is 30.6 Å². The van der Waals surface area contributed by atoms with Crippen molar-refractivity contribution in [3.63, 3.8) is 0 Å². The van der Waals surface area contributed by atoms with Crippen molar-refractivity contribution in [2.45, 2.75) is 26.4 Å². The molecule has 1 aromatic carbocycles. The van der Waals surface area contributed by atoms with Gasteiger partial charge in [0.05, 0.1) is 19.3 Å². The van der Waals surface area contributed by atoms with Crippen LogP contribution in [0.5, 0.6) is 0 Å². The molecule has 0 amide bonds. The van der Waals surface area contributed by atoms with Gasteiger partial charge in [0, 0.05) is 13.2 Å². The van der Waals surface area contributed by atoms with E-state index in [9.17, 15) is 0 Å². The zero-order valence-corrected chi connectivity index (χ0v) is 11.7. The standard InChI is InChI=1S/C15H25NO2/c1-4-8-17-9-10-18-15(12-16-3)14-7-5-6-13(2)11-14/h5-7,11,15-16H,4,8-10,12H2,1-3H3. The Balaban J connectivity index is 2.44. The molecule has 3 nitrogen and oxygen atoms in total. The molecular weight excluding hydrogens is 226 g/mol. The Morgan fingerprint density at radius 2 is 2.06 bits per heavy atom. The molecule has 0 saturated carbocycles. The molecule has 102 valence electrons. The van der Waals surface area contributed by atoms with Crippen molar-refractivity contribution in [2.24, 2.45) is 0 Å². The van der Waals surface area contributed by atoms with Crippen molar-refractivity contribution in [2.75, 3.05) is 33.4 Å². The van der Waals surface area contributed by atoms with Crippen molar-refractivity contribution in [1.29, 1.82) is 0 Å². The first-order valence-corrected chi connectivity index (χ1v) is 6.68. The molecule has 0 aliphatic heterocycles. The highest BCUT2D eigenvalue weighted by molar-refractivity contribution is 5.24. The largest absolute Gasteiger partial charge is 0.379 e. The van der Waals surface area contributed by atoms with Crippen LogP contribution in [0.25, 0.3) is 0 Å². The normalized spacial score (nSPS) is 12.6. The van der Waals surface area contributed by atoms with Crippen LogP contribution >= 0.6 is 0 Å². The highest BCUT2D eigenvalue weighted by atomic mass is 16.5. The molecule has 1 rings (SSSR count).